The summed E-state index contributed by atoms with van der Waals surface area (Å²) in [6.45, 7) is 0.285. The maximum atomic E-state index is 12.0. The van der Waals surface area contributed by atoms with E-state index in [9.17, 15) is 9.59 Å². The molecule has 0 aliphatic carbocycles. The van der Waals surface area contributed by atoms with Gasteiger partial charge in [0, 0.05) is 28.2 Å². The van der Waals surface area contributed by atoms with Gasteiger partial charge in [0.05, 0.1) is 5.56 Å². The van der Waals surface area contributed by atoms with E-state index in [0.717, 1.165) is 11.1 Å². The van der Waals surface area contributed by atoms with Crippen molar-refractivity contribution in [3.63, 3.8) is 0 Å². The van der Waals surface area contributed by atoms with Crippen molar-refractivity contribution in [2.45, 2.75) is 6.54 Å². The van der Waals surface area contributed by atoms with Crippen LogP contribution in [0.3, 0.4) is 0 Å². The van der Waals surface area contributed by atoms with Crippen molar-refractivity contribution in [1.82, 2.24) is 5.32 Å². The summed E-state index contributed by atoms with van der Waals surface area (Å²) in [5, 5.41) is 12.6. The van der Waals surface area contributed by atoms with Gasteiger partial charge in [-0.05, 0) is 54.1 Å². The normalized spacial score (nSPS) is 10.9. The number of benzene rings is 2. The molecule has 142 valence electrons. The van der Waals surface area contributed by atoms with Crippen LogP contribution in [0.2, 0.25) is 10.0 Å². The van der Waals surface area contributed by atoms with E-state index in [-0.39, 0.29) is 18.0 Å². The third-order valence-corrected chi connectivity index (χ3v) is 4.28. The molecule has 3 rings (SSSR count). The number of aromatic carboxylic acids is 1. The molecule has 7 heteroatoms. The summed E-state index contributed by atoms with van der Waals surface area (Å²) in [7, 11) is 0. The van der Waals surface area contributed by atoms with Gasteiger partial charge in [-0.2, -0.15) is 0 Å². The van der Waals surface area contributed by atoms with Crippen LogP contribution in [0.15, 0.2) is 65.1 Å². The number of carboxylic acids is 1. The van der Waals surface area contributed by atoms with Crippen molar-refractivity contribution < 1.29 is 19.1 Å². The van der Waals surface area contributed by atoms with E-state index in [1.807, 2.05) is 0 Å². The van der Waals surface area contributed by atoms with Gasteiger partial charge in [0.25, 0.3) is 0 Å². The summed E-state index contributed by atoms with van der Waals surface area (Å²) < 4.78 is 5.69. The fourth-order valence-electron chi connectivity index (χ4n) is 2.46. The first-order chi connectivity index (χ1) is 13.4. The number of carbonyl (C=O) groups is 2. The summed E-state index contributed by atoms with van der Waals surface area (Å²) in [6.07, 6.45) is 2.91. The zero-order valence-corrected chi connectivity index (χ0v) is 16.0. The first kappa shape index (κ1) is 19.7. The van der Waals surface area contributed by atoms with Crippen molar-refractivity contribution in [2.24, 2.45) is 0 Å². The van der Waals surface area contributed by atoms with E-state index in [2.05, 4.69) is 5.32 Å². The van der Waals surface area contributed by atoms with Crippen LogP contribution in [0.1, 0.15) is 21.7 Å². The van der Waals surface area contributed by atoms with E-state index in [0.29, 0.717) is 21.6 Å². The van der Waals surface area contributed by atoms with Crippen LogP contribution in [0, 0.1) is 0 Å². The molecular weight excluding hydrogens is 401 g/mol. The van der Waals surface area contributed by atoms with Crippen LogP contribution in [-0.2, 0) is 11.3 Å². The molecule has 2 N–H and O–H groups in total. The van der Waals surface area contributed by atoms with E-state index < -0.39 is 5.97 Å². The fourth-order valence-corrected chi connectivity index (χ4v) is 2.99. The predicted octanol–water partition coefficient (Wildman–Crippen LogP) is 5.28. The minimum Gasteiger partial charge on any atom is -0.478 e. The van der Waals surface area contributed by atoms with Crippen molar-refractivity contribution in [3.05, 3.63) is 87.6 Å². The van der Waals surface area contributed by atoms with Gasteiger partial charge < -0.3 is 14.8 Å². The van der Waals surface area contributed by atoms with Crippen LogP contribution in [0.5, 0.6) is 0 Å². The van der Waals surface area contributed by atoms with E-state index in [1.54, 1.807) is 48.5 Å². The quantitative estimate of drug-likeness (QED) is 0.536. The smallest absolute Gasteiger partial charge is 0.335 e. The first-order valence-electron chi connectivity index (χ1n) is 8.25. The lowest BCUT2D eigenvalue weighted by molar-refractivity contribution is -0.116. The second-order valence-corrected chi connectivity index (χ2v) is 6.79. The minimum absolute atomic E-state index is 0.199. The zero-order valence-electron chi connectivity index (χ0n) is 14.5. The number of hydrogen-bond donors (Lipinski definition) is 2. The number of halogens is 2. The molecule has 0 unspecified atom stereocenters. The summed E-state index contributed by atoms with van der Waals surface area (Å²) in [5.41, 5.74) is 1.74. The van der Waals surface area contributed by atoms with E-state index in [4.69, 9.17) is 32.7 Å². The molecule has 0 spiro atoms. The minimum atomic E-state index is -0.989. The summed E-state index contributed by atoms with van der Waals surface area (Å²) >= 11 is 12.0. The molecule has 0 atom stereocenters. The van der Waals surface area contributed by atoms with Crippen molar-refractivity contribution in [1.29, 1.82) is 0 Å². The molecule has 0 fully saturated rings. The number of rotatable bonds is 6. The Labute approximate surface area is 171 Å². The van der Waals surface area contributed by atoms with Crippen molar-refractivity contribution in [3.8, 4) is 11.3 Å². The molecule has 0 aliphatic heterocycles. The highest BCUT2D eigenvalue weighted by molar-refractivity contribution is 6.35. The molecule has 0 saturated heterocycles. The van der Waals surface area contributed by atoms with Crippen LogP contribution in [-0.4, -0.2) is 17.0 Å². The monoisotopic (exact) mass is 415 g/mol. The second kappa shape index (κ2) is 8.78. The maximum Gasteiger partial charge on any atom is 0.335 e. The molecule has 2 aromatic carbocycles. The highest BCUT2D eigenvalue weighted by atomic mass is 35.5. The molecule has 0 bridgehead atoms. The van der Waals surface area contributed by atoms with Gasteiger partial charge >= 0.3 is 5.97 Å². The summed E-state index contributed by atoms with van der Waals surface area (Å²) in [4.78, 5) is 22.8. The number of amides is 1. The number of carbonyl (C=O) groups excluding carboxylic acids is 1. The number of carboxylic acid groups (broad SMARTS) is 1. The van der Waals surface area contributed by atoms with Crippen LogP contribution < -0.4 is 5.32 Å². The number of furan rings is 1. The van der Waals surface area contributed by atoms with Crippen molar-refractivity contribution >= 4 is 41.2 Å². The number of hydrogen-bond acceptors (Lipinski definition) is 3. The molecular formula is C21H15Cl2NO4. The Balaban J connectivity index is 1.58. The molecule has 1 aromatic heterocycles. The average Bonchev–Trinajstić information content (AvgIpc) is 3.13. The molecule has 28 heavy (non-hydrogen) atoms. The lowest BCUT2D eigenvalue weighted by Crippen LogP contribution is -2.20. The van der Waals surface area contributed by atoms with Gasteiger partial charge in [-0.3, -0.25) is 4.79 Å². The Hall–Kier alpha value is -3.02. The molecule has 5 nitrogen and oxygen atoms in total. The Morgan fingerprint density at radius 2 is 1.68 bits per heavy atom. The van der Waals surface area contributed by atoms with Gasteiger partial charge in [0.2, 0.25) is 5.91 Å². The van der Waals surface area contributed by atoms with Crippen LogP contribution >= 0.6 is 23.2 Å². The molecule has 0 radical (unpaired) electrons. The van der Waals surface area contributed by atoms with Crippen LogP contribution in [0.25, 0.3) is 17.4 Å². The second-order valence-electron chi connectivity index (χ2n) is 5.91. The SMILES string of the molecule is O=C(/C=C/c1ccc(-c2cc(Cl)cc(Cl)c2)o1)NCc1ccc(C(=O)O)cc1. The Morgan fingerprint density at radius 3 is 2.32 bits per heavy atom. The summed E-state index contributed by atoms with van der Waals surface area (Å²) in [5.74, 6) is -0.197. The summed E-state index contributed by atoms with van der Waals surface area (Å²) in [6, 6.07) is 14.9. The molecule has 3 aromatic rings. The standard InChI is InChI=1S/C21H15Cl2NO4/c22-16-9-15(10-17(23)11-16)19-7-5-18(28-19)6-8-20(25)24-12-13-1-3-14(4-2-13)21(26)27/h1-11H,12H2,(H,24,25)(H,26,27)/b8-6+. The van der Waals surface area contributed by atoms with Gasteiger partial charge in [0.15, 0.2) is 0 Å². The van der Waals surface area contributed by atoms with E-state index >= 15 is 0 Å². The largest absolute Gasteiger partial charge is 0.478 e. The highest BCUT2D eigenvalue weighted by Crippen LogP contribution is 2.28. The first-order valence-corrected chi connectivity index (χ1v) is 9.01. The lowest BCUT2D eigenvalue weighted by Gasteiger charge is -2.03. The number of nitrogens with one attached hydrogen (secondary N) is 1. The van der Waals surface area contributed by atoms with E-state index in [1.165, 1.54) is 18.2 Å². The van der Waals surface area contributed by atoms with Gasteiger partial charge in [-0.25, -0.2) is 4.79 Å². The Bertz CT molecular complexity index is 1020. The third-order valence-electron chi connectivity index (χ3n) is 3.84. The van der Waals surface area contributed by atoms with Gasteiger partial charge in [-0.1, -0.05) is 35.3 Å². The van der Waals surface area contributed by atoms with Crippen molar-refractivity contribution in [2.75, 3.05) is 0 Å². The topological polar surface area (TPSA) is 79.5 Å². The molecule has 1 heterocycles. The highest BCUT2D eigenvalue weighted by Gasteiger charge is 2.06. The average molecular weight is 416 g/mol. The fraction of sp³-hybridized carbons (Fsp3) is 0.0476. The Kier molecular flexibility index (Phi) is 6.19. The molecule has 0 aliphatic rings. The maximum absolute atomic E-state index is 12.0. The zero-order chi connectivity index (χ0) is 20.1. The molecule has 1 amide bonds. The van der Waals surface area contributed by atoms with Gasteiger partial charge in [0.1, 0.15) is 11.5 Å². The Morgan fingerprint density at radius 1 is 1.00 bits per heavy atom. The third kappa shape index (κ3) is 5.25. The van der Waals surface area contributed by atoms with Crippen LogP contribution in [0.4, 0.5) is 0 Å². The van der Waals surface area contributed by atoms with Gasteiger partial charge in [-0.15, -0.1) is 0 Å². The lowest BCUT2D eigenvalue weighted by atomic mass is 10.1. The molecule has 0 saturated carbocycles. The predicted molar refractivity (Wildman–Crippen MR) is 108 cm³/mol.